The van der Waals surface area contributed by atoms with Crippen molar-refractivity contribution in [2.45, 2.75) is 26.5 Å². The first kappa shape index (κ1) is 22.9. The van der Waals surface area contributed by atoms with E-state index in [1.165, 1.54) is 16.9 Å². The Labute approximate surface area is 201 Å². The number of amides is 1. The molecule has 0 bridgehead atoms. The van der Waals surface area contributed by atoms with Crippen molar-refractivity contribution in [1.29, 1.82) is 0 Å². The van der Waals surface area contributed by atoms with Gasteiger partial charge in [0, 0.05) is 17.6 Å². The number of rotatable bonds is 9. The van der Waals surface area contributed by atoms with Crippen LogP contribution in [0.1, 0.15) is 26.6 Å². The normalized spacial score (nSPS) is 10.9. The summed E-state index contributed by atoms with van der Waals surface area (Å²) in [4.78, 5) is 16.7. The van der Waals surface area contributed by atoms with Crippen molar-refractivity contribution in [3.63, 3.8) is 0 Å². The number of halogens is 1. The lowest BCUT2D eigenvalue weighted by Gasteiger charge is -2.11. The van der Waals surface area contributed by atoms with Crippen LogP contribution in [0.15, 0.2) is 60.0 Å². The second-order valence-electron chi connectivity index (χ2n) is 7.49. The zero-order chi connectivity index (χ0) is 23.4. The molecule has 2 aromatic carbocycles. The average molecular weight is 482 g/mol. The number of primary amides is 1. The molecular weight excluding hydrogens is 458 g/mol. The summed E-state index contributed by atoms with van der Waals surface area (Å²) in [5.41, 5.74) is 9.76. The van der Waals surface area contributed by atoms with Gasteiger partial charge in [-0.25, -0.2) is 4.98 Å². The lowest BCUT2D eigenvalue weighted by atomic mass is 10.1. The van der Waals surface area contributed by atoms with Crippen LogP contribution in [0.25, 0.3) is 11.4 Å². The van der Waals surface area contributed by atoms with Gasteiger partial charge in [0.25, 0.3) is 5.91 Å². The zero-order valence-electron chi connectivity index (χ0n) is 18.4. The summed E-state index contributed by atoms with van der Waals surface area (Å²) >= 11 is 7.67. The fraction of sp³-hybridized carbons (Fsp3) is 0.200. The van der Waals surface area contributed by atoms with E-state index in [0.717, 1.165) is 34.3 Å². The number of methoxy groups -OCH3 is 1. The van der Waals surface area contributed by atoms with Crippen LogP contribution in [0.2, 0.25) is 5.02 Å². The summed E-state index contributed by atoms with van der Waals surface area (Å²) in [6, 6.07) is 17.1. The molecule has 0 saturated heterocycles. The molecule has 0 aliphatic rings. The van der Waals surface area contributed by atoms with E-state index in [9.17, 15) is 4.79 Å². The molecule has 0 aliphatic carbocycles. The maximum atomic E-state index is 12.0. The molecule has 1 amide bonds. The number of thiazole rings is 1. The maximum Gasteiger partial charge on any atom is 0.250 e. The van der Waals surface area contributed by atoms with E-state index in [-0.39, 0.29) is 0 Å². The third kappa shape index (κ3) is 5.21. The van der Waals surface area contributed by atoms with Gasteiger partial charge in [-0.15, -0.1) is 11.3 Å². The summed E-state index contributed by atoms with van der Waals surface area (Å²) in [7, 11) is 1.65. The third-order valence-electron chi connectivity index (χ3n) is 5.42. The number of benzene rings is 2. The van der Waals surface area contributed by atoms with Gasteiger partial charge in [0.1, 0.15) is 23.1 Å². The number of ether oxygens (including phenoxy) is 2. The Morgan fingerprint density at radius 3 is 2.64 bits per heavy atom. The van der Waals surface area contributed by atoms with Gasteiger partial charge in [0.15, 0.2) is 0 Å². The highest BCUT2D eigenvalue weighted by atomic mass is 35.5. The molecule has 2 heterocycles. The molecule has 0 fully saturated rings. The Hall–Kier alpha value is -3.29. The number of nitrogens with two attached hydrogens (primary N) is 1. The van der Waals surface area contributed by atoms with Gasteiger partial charge in [-0.2, -0.15) is 0 Å². The van der Waals surface area contributed by atoms with Crippen molar-refractivity contribution in [2.75, 3.05) is 7.11 Å². The molecule has 0 unspecified atom stereocenters. The van der Waals surface area contributed by atoms with Crippen LogP contribution in [-0.4, -0.2) is 22.6 Å². The predicted molar refractivity (Wildman–Crippen MR) is 131 cm³/mol. The van der Waals surface area contributed by atoms with Crippen molar-refractivity contribution in [3.05, 3.63) is 86.8 Å². The number of hydrogen-bond donors (Lipinski definition) is 1. The molecule has 170 valence electrons. The van der Waals surface area contributed by atoms with Crippen LogP contribution >= 0.6 is 22.9 Å². The molecule has 2 N–H and O–H groups in total. The highest BCUT2D eigenvalue weighted by molar-refractivity contribution is 7.09. The van der Waals surface area contributed by atoms with E-state index in [1.807, 2.05) is 60.8 Å². The van der Waals surface area contributed by atoms with E-state index in [2.05, 4.69) is 4.57 Å². The predicted octanol–water partition coefficient (Wildman–Crippen LogP) is 5.50. The molecule has 2 aromatic heterocycles. The standard InChI is InChI=1S/C25H24ClN3O3S/c1-16-19(25(27)30)13-22(29(16)12-11-17-7-9-18(31-2)10-8-17)21-15-33-24(28-21)14-32-23-6-4-3-5-20(23)26/h3-10,13,15H,11-12,14H2,1-2H3,(H2,27,30). The summed E-state index contributed by atoms with van der Waals surface area (Å²) in [5.74, 6) is 0.988. The fourth-order valence-electron chi connectivity index (χ4n) is 3.62. The van der Waals surface area contributed by atoms with Gasteiger partial charge in [0.2, 0.25) is 0 Å². The van der Waals surface area contributed by atoms with Gasteiger partial charge in [0.05, 0.1) is 29.1 Å². The topological polar surface area (TPSA) is 79.4 Å². The molecule has 6 nitrogen and oxygen atoms in total. The third-order valence-corrected chi connectivity index (χ3v) is 6.55. The number of aromatic nitrogens is 2. The summed E-state index contributed by atoms with van der Waals surface area (Å²) in [5, 5.41) is 3.34. The number of aryl methyl sites for hydroxylation is 1. The molecule has 0 atom stereocenters. The van der Waals surface area contributed by atoms with Gasteiger partial charge in [-0.05, 0) is 49.2 Å². The summed E-state index contributed by atoms with van der Waals surface area (Å²) in [6.45, 7) is 2.90. The first-order valence-electron chi connectivity index (χ1n) is 10.4. The van der Waals surface area contributed by atoms with E-state index in [1.54, 1.807) is 13.2 Å². The monoisotopic (exact) mass is 481 g/mol. The van der Waals surface area contributed by atoms with Crippen LogP contribution in [-0.2, 0) is 19.6 Å². The van der Waals surface area contributed by atoms with Crippen LogP contribution < -0.4 is 15.2 Å². The van der Waals surface area contributed by atoms with Crippen molar-refractivity contribution in [2.24, 2.45) is 5.73 Å². The summed E-state index contributed by atoms with van der Waals surface area (Å²) < 4.78 is 13.1. The van der Waals surface area contributed by atoms with E-state index in [4.69, 9.17) is 31.8 Å². The number of nitrogens with zero attached hydrogens (tertiary/aromatic N) is 2. The van der Waals surface area contributed by atoms with Crippen LogP contribution in [0.4, 0.5) is 0 Å². The molecule has 4 rings (SSSR count). The van der Waals surface area contributed by atoms with E-state index in [0.29, 0.717) is 29.5 Å². The number of carbonyl (C=O) groups is 1. The smallest absolute Gasteiger partial charge is 0.250 e. The molecular formula is C25H24ClN3O3S. The lowest BCUT2D eigenvalue weighted by Crippen LogP contribution is -2.13. The Bertz CT molecular complexity index is 1260. The maximum absolute atomic E-state index is 12.0. The second-order valence-corrected chi connectivity index (χ2v) is 8.84. The average Bonchev–Trinajstić information content (AvgIpc) is 3.42. The minimum atomic E-state index is -0.450. The second kappa shape index (κ2) is 10.1. The zero-order valence-corrected chi connectivity index (χ0v) is 19.9. The molecule has 4 aromatic rings. The molecule has 8 heteroatoms. The number of hydrogen-bond acceptors (Lipinski definition) is 5. The van der Waals surface area contributed by atoms with Gasteiger partial charge in [-0.1, -0.05) is 35.9 Å². The van der Waals surface area contributed by atoms with Gasteiger partial charge in [-0.3, -0.25) is 4.79 Å². The van der Waals surface area contributed by atoms with Crippen LogP contribution in [0.3, 0.4) is 0 Å². The minimum Gasteiger partial charge on any atom is -0.497 e. The fourth-order valence-corrected chi connectivity index (χ4v) is 4.51. The highest BCUT2D eigenvalue weighted by Gasteiger charge is 2.19. The van der Waals surface area contributed by atoms with Gasteiger partial charge >= 0.3 is 0 Å². The Morgan fingerprint density at radius 1 is 1.18 bits per heavy atom. The number of para-hydroxylation sites is 1. The number of carbonyl (C=O) groups excluding carboxylic acids is 1. The van der Waals surface area contributed by atoms with Crippen molar-refractivity contribution in [3.8, 4) is 22.9 Å². The minimum absolute atomic E-state index is 0.308. The quantitative estimate of drug-likeness (QED) is 0.342. The molecule has 0 radical (unpaired) electrons. The van der Waals surface area contributed by atoms with Crippen molar-refractivity contribution < 1.29 is 14.3 Å². The molecule has 0 saturated carbocycles. The molecule has 0 spiro atoms. The first-order valence-corrected chi connectivity index (χ1v) is 11.7. The Balaban J connectivity index is 1.55. The largest absolute Gasteiger partial charge is 0.497 e. The summed E-state index contributed by atoms with van der Waals surface area (Å²) in [6.07, 6.45) is 0.789. The van der Waals surface area contributed by atoms with E-state index >= 15 is 0 Å². The van der Waals surface area contributed by atoms with Crippen molar-refractivity contribution in [1.82, 2.24) is 9.55 Å². The molecule has 0 aliphatic heterocycles. The Morgan fingerprint density at radius 2 is 1.94 bits per heavy atom. The van der Waals surface area contributed by atoms with Crippen LogP contribution in [0.5, 0.6) is 11.5 Å². The highest BCUT2D eigenvalue weighted by Crippen LogP contribution is 2.29. The SMILES string of the molecule is COc1ccc(CCn2c(-c3csc(COc4ccccc4Cl)n3)cc(C(N)=O)c2C)cc1. The lowest BCUT2D eigenvalue weighted by molar-refractivity contribution is 0.0999. The van der Waals surface area contributed by atoms with Crippen LogP contribution in [0, 0.1) is 6.92 Å². The van der Waals surface area contributed by atoms with E-state index < -0.39 is 5.91 Å². The first-order chi connectivity index (χ1) is 16.0. The van der Waals surface area contributed by atoms with Gasteiger partial charge < -0.3 is 19.8 Å². The Kier molecular flexibility index (Phi) is 7.01. The molecule has 33 heavy (non-hydrogen) atoms. The van der Waals surface area contributed by atoms with Crippen molar-refractivity contribution >= 4 is 28.8 Å².